The van der Waals surface area contributed by atoms with Crippen LogP contribution in [0.25, 0.3) is 10.9 Å². The van der Waals surface area contributed by atoms with Gasteiger partial charge < -0.3 is 9.64 Å². The highest BCUT2D eigenvalue weighted by Crippen LogP contribution is 2.24. The molecule has 0 N–H and O–H groups in total. The lowest BCUT2D eigenvalue weighted by molar-refractivity contribution is -0.133. The largest absolute Gasteiger partial charge is 0.497 e. The van der Waals surface area contributed by atoms with Crippen molar-refractivity contribution in [3.8, 4) is 5.75 Å². The molecule has 0 aliphatic heterocycles. The minimum atomic E-state index is -0.115. The second kappa shape index (κ2) is 8.90. The van der Waals surface area contributed by atoms with Gasteiger partial charge in [0.1, 0.15) is 5.75 Å². The molecule has 152 valence electrons. The molecule has 0 aliphatic rings. The van der Waals surface area contributed by atoms with E-state index in [0.29, 0.717) is 24.0 Å². The summed E-state index contributed by atoms with van der Waals surface area (Å²) in [6.45, 7) is 6.78. The van der Waals surface area contributed by atoms with Crippen LogP contribution in [0.4, 0.5) is 0 Å². The van der Waals surface area contributed by atoms with Gasteiger partial charge >= 0.3 is 0 Å². The number of carbonyl (C=O) groups is 1. The molecule has 1 heterocycles. The van der Waals surface area contributed by atoms with E-state index in [1.54, 1.807) is 13.2 Å². The highest BCUT2D eigenvalue weighted by atomic mass is 16.5. The number of benzene rings is 2. The Morgan fingerprint density at radius 2 is 2.00 bits per heavy atom. The van der Waals surface area contributed by atoms with Crippen molar-refractivity contribution in [3.05, 3.63) is 70.3 Å². The van der Waals surface area contributed by atoms with Crippen LogP contribution in [-0.4, -0.2) is 34.0 Å². The third-order valence-corrected chi connectivity index (χ3v) is 5.33. The lowest BCUT2D eigenvalue weighted by atomic mass is 10.1. The predicted octanol–water partition coefficient (Wildman–Crippen LogP) is 3.71. The van der Waals surface area contributed by atoms with Gasteiger partial charge in [-0.2, -0.15) is 0 Å². The highest BCUT2D eigenvalue weighted by molar-refractivity contribution is 5.80. The van der Waals surface area contributed by atoms with Crippen LogP contribution >= 0.6 is 0 Å². The van der Waals surface area contributed by atoms with Crippen molar-refractivity contribution >= 4 is 16.8 Å². The van der Waals surface area contributed by atoms with Crippen molar-refractivity contribution in [2.45, 2.75) is 39.8 Å². The quantitative estimate of drug-likeness (QED) is 0.614. The zero-order chi connectivity index (χ0) is 21.0. The van der Waals surface area contributed by atoms with Crippen LogP contribution in [-0.2, 0) is 11.3 Å². The number of carbonyl (C=O) groups excluding carboxylic acids is 1. The van der Waals surface area contributed by atoms with Gasteiger partial charge in [0.05, 0.1) is 30.4 Å². The molecule has 1 aromatic heterocycles. The first-order valence-corrected chi connectivity index (χ1v) is 9.84. The van der Waals surface area contributed by atoms with Crippen molar-refractivity contribution in [2.24, 2.45) is 0 Å². The molecular formula is C23H27N3O3. The van der Waals surface area contributed by atoms with Crippen molar-refractivity contribution in [3.63, 3.8) is 0 Å². The average molecular weight is 393 g/mol. The molecule has 1 unspecified atom stereocenters. The molecule has 1 atom stereocenters. The Labute approximate surface area is 170 Å². The molecule has 0 fully saturated rings. The Hall–Kier alpha value is -3.15. The summed E-state index contributed by atoms with van der Waals surface area (Å²) in [6.07, 6.45) is 1.77. The van der Waals surface area contributed by atoms with Gasteiger partial charge in [0.25, 0.3) is 5.56 Å². The predicted molar refractivity (Wildman–Crippen MR) is 114 cm³/mol. The van der Waals surface area contributed by atoms with E-state index in [4.69, 9.17) is 4.74 Å². The van der Waals surface area contributed by atoms with E-state index in [1.165, 1.54) is 10.9 Å². The lowest BCUT2D eigenvalue weighted by Gasteiger charge is -2.29. The SMILES string of the molecule is CCN(C(=O)CCn1cnc2c(C)cccc2c1=O)C(C)c1cccc(OC)c1. The van der Waals surface area contributed by atoms with Gasteiger partial charge in [0.15, 0.2) is 0 Å². The van der Waals surface area contributed by atoms with Gasteiger partial charge in [-0.25, -0.2) is 4.98 Å². The second-order valence-corrected chi connectivity index (χ2v) is 7.10. The minimum absolute atomic E-state index is 0.000871. The topological polar surface area (TPSA) is 64.4 Å². The van der Waals surface area contributed by atoms with E-state index in [9.17, 15) is 9.59 Å². The number of hydrogen-bond donors (Lipinski definition) is 0. The zero-order valence-electron chi connectivity index (χ0n) is 17.4. The number of methoxy groups -OCH3 is 1. The first kappa shape index (κ1) is 20.6. The van der Waals surface area contributed by atoms with Crippen LogP contribution in [0.5, 0.6) is 5.75 Å². The first-order valence-electron chi connectivity index (χ1n) is 9.84. The molecule has 3 rings (SSSR count). The van der Waals surface area contributed by atoms with E-state index in [1.807, 2.05) is 62.1 Å². The van der Waals surface area contributed by atoms with Crippen LogP contribution < -0.4 is 10.3 Å². The maximum absolute atomic E-state index is 12.9. The fourth-order valence-electron chi connectivity index (χ4n) is 3.60. The molecule has 1 amide bonds. The summed E-state index contributed by atoms with van der Waals surface area (Å²) in [7, 11) is 1.63. The number of hydrogen-bond acceptors (Lipinski definition) is 4. The number of para-hydroxylation sites is 1. The number of rotatable bonds is 7. The standard InChI is InChI=1S/C23H27N3O3/c1-5-26(17(3)18-9-7-10-19(14-18)29-4)21(27)12-13-25-15-24-22-16(2)8-6-11-20(22)23(25)28/h6-11,14-15,17H,5,12-13H2,1-4H3. The third-order valence-electron chi connectivity index (χ3n) is 5.33. The fraction of sp³-hybridized carbons (Fsp3) is 0.348. The molecular weight excluding hydrogens is 366 g/mol. The molecule has 3 aromatic rings. The van der Waals surface area contributed by atoms with Crippen LogP contribution in [0, 0.1) is 6.92 Å². The summed E-state index contributed by atoms with van der Waals surface area (Å²) in [4.78, 5) is 31.9. The first-order chi connectivity index (χ1) is 14.0. The number of nitrogens with zero attached hydrogens (tertiary/aromatic N) is 3. The van der Waals surface area contributed by atoms with Crippen molar-refractivity contribution in [1.29, 1.82) is 0 Å². The lowest BCUT2D eigenvalue weighted by Crippen LogP contribution is -2.34. The molecule has 6 nitrogen and oxygen atoms in total. The Balaban J connectivity index is 1.76. The van der Waals surface area contributed by atoms with Crippen LogP contribution in [0.2, 0.25) is 0 Å². The summed E-state index contributed by atoms with van der Waals surface area (Å²) >= 11 is 0. The monoisotopic (exact) mass is 393 g/mol. The van der Waals surface area contributed by atoms with Gasteiger partial charge in [-0.15, -0.1) is 0 Å². The second-order valence-electron chi connectivity index (χ2n) is 7.10. The van der Waals surface area contributed by atoms with Gasteiger partial charge in [0, 0.05) is 19.5 Å². The van der Waals surface area contributed by atoms with Crippen molar-refractivity contribution < 1.29 is 9.53 Å². The van der Waals surface area contributed by atoms with Crippen molar-refractivity contribution in [1.82, 2.24) is 14.5 Å². The summed E-state index contributed by atoms with van der Waals surface area (Å²) in [5, 5.41) is 0.581. The molecule has 0 saturated carbocycles. The number of aromatic nitrogens is 2. The van der Waals surface area contributed by atoms with Gasteiger partial charge in [-0.1, -0.05) is 24.3 Å². The van der Waals surface area contributed by atoms with E-state index < -0.39 is 0 Å². The molecule has 0 spiro atoms. The maximum Gasteiger partial charge on any atom is 0.261 e. The minimum Gasteiger partial charge on any atom is -0.497 e. The van der Waals surface area contributed by atoms with Crippen LogP contribution in [0.1, 0.15) is 37.4 Å². The maximum atomic E-state index is 12.9. The summed E-state index contributed by atoms with van der Waals surface area (Å²) < 4.78 is 6.81. The molecule has 2 aromatic carbocycles. The smallest absolute Gasteiger partial charge is 0.261 e. The zero-order valence-corrected chi connectivity index (χ0v) is 17.4. The van der Waals surface area contributed by atoms with E-state index in [-0.39, 0.29) is 23.9 Å². The Kier molecular flexibility index (Phi) is 6.32. The highest BCUT2D eigenvalue weighted by Gasteiger charge is 2.20. The van der Waals surface area contributed by atoms with Crippen LogP contribution in [0.3, 0.4) is 0 Å². The van der Waals surface area contributed by atoms with Gasteiger partial charge in [-0.3, -0.25) is 14.2 Å². The number of aryl methyl sites for hydroxylation is 2. The molecule has 0 radical (unpaired) electrons. The Morgan fingerprint density at radius 1 is 1.24 bits per heavy atom. The molecule has 0 saturated heterocycles. The normalized spacial score (nSPS) is 12.0. The average Bonchev–Trinajstić information content (AvgIpc) is 2.74. The summed E-state index contributed by atoms with van der Waals surface area (Å²) in [6, 6.07) is 13.2. The van der Waals surface area contributed by atoms with E-state index in [0.717, 1.165) is 16.9 Å². The Bertz CT molecular complexity index is 1070. The Morgan fingerprint density at radius 3 is 2.72 bits per heavy atom. The molecule has 0 bridgehead atoms. The van der Waals surface area contributed by atoms with Crippen LogP contribution in [0.15, 0.2) is 53.6 Å². The summed E-state index contributed by atoms with van der Waals surface area (Å²) in [5.74, 6) is 0.765. The summed E-state index contributed by atoms with van der Waals surface area (Å²) in [5.41, 5.74) is 2.57. The number of fused-ring (bicyclic) bond motifs is 1. The number of ether oxygens (including phenoxy) is 1. The number of amides is 1. The van der Waals surface area contributed by atoms with E-state index in [2.05, 4.69) is 4.98 Å². The molecule has 6 heteroatoms. The molecule has 29 heavy (non-hydrogen) atoms. The van der Waals surface area contributed by atoms with Gasteiger partial charge in [-0.05, 0) is 50.1 Å². The molecule has 0 aliphatic carbocycles. The van der Waals surface area contributed by atoms with E-state index >= 15 is 0 Å². The van der Waals surface area contributed by atoms with Crippen molar-refractivity contribution in [2.75, 3.05) is 13.7 Å². The van der Waals surface area contributed by atoms with Gasteiger partial charge in [0.2, 0.25) is 5.91 Å². The third kappa shape index (κ3) is 4.31. The fourth-order valence-corrected chi connectivity index (χ4v) is 3.60.